The molecule has 1 saturated carbocycles. The lowest BCUT2D eigenvalue weighted by Gasteiger charge is -2.20. The molecule has 0 bridgehead atoms. The van der Waals surface area contributed by atoms with E-state index in [4.69, 9.17) is 4.99 Å². The highest BCUT2D eigenvalue weighted by Crippen LogP contribution is 2.33. The molecule has 29 heavy (non-hydrogen) atoms. The first-order chi connectivity index (χ1) is 13.6. The fourth-order valence-electron chi connectivity index (χ4n) is 3.92. The van der Waals surface area contributed by atoms with Crippen molar-refractivity contribution >= 4 is 41.3 Å². The van der Waals surface area contributed by atoms with Crippen molar-refractivity contribution < 1.29 is 0 Å². The first kappa shape index (κ1) is 22.5. The Hall–Kier alpha value is -1.20. The minimum absolute atomic E-state index is 0. The number of nitrogens with zero attached hydrogens (tertiary/aromatic N) is 5. The van der Waals surface area contributed by atoms with Gasteiger partial charge in [-0.2, -0.15) is 0 Å². The van der Waals surface area contributed by atoms with Gasteiger partial charge >= 0.3 is 0 Å². The minimum atomic E-state index is 0. The molecule has 2 N–H and O–H groups in total. The molecule has 0 radical (unpaired) electrons. The quantitative estimate of drug-likeness (QED) is 0.328. The highest BCUT2D eigenvalue weighted by atomic mass is 127. The number of hydrogen-bond donors (Lipinski definition) is 2. The Morgan fingerprint density at radius 2 is 2.17 bits per heavy atom. The fraction of sp³-hybridized carbons (Fsp3) is 0.650. The van der Waals surface area contributed by atoms with Crippen molar-refractivity contribution in [2.24, 2.45) is 12.0 Å². The van der Waals surface area contributed by atoms with E-state index in [1.165, 1.54) is 24.1 Å². The van der Waals surface area contributed by atoms with Crippen LogP contribution in [-0.4, -0.2) is 56.8 Å². The normalized spacial score (nSPS) is 22.5. The minimum Gasteiger partial charge on any atom is -0.356 e. The number of nitrogens with one attached hydrogen (secondary N) is 2. The number of aryl methyl sites for hydroxylation is 1. The third kappa shape index (κ3) is 5.91. The maximum absolute atomic E-state index is 4.82. The Bertz CT molecular complexity index is 800. The van der Waals surface area contributed by atoms with Crippen LogP contribution in [0.5, 0.6) is 0 Å². The summed E-state index contributed by atoms with van der Waals surface area (Å²) in [6.07, 6.45) is 4.91. The number of rotatable bonds is 7. The highest BCUT2D eigenvalue weighted by molar-refractivity contribution is 14.0. The third-order valence-corrected chi connectivity index (χ3v) is 6.72. The van der Waals surface area contributed by atoms with Crippen LogP contribution in [0, 0.1) is 6.92 Å². The lowest BCUT2D eigenvalue weighted by molar-refractivity contribution is 0.256. The molecule has 9 heteroatoms. The molecule has 0 amide bonds. The smallest absolute Gasteiger partial charge is 0.191 e. The van der Waals surface area contributed by atoms with Crippen molar-refractivity contribution in [3.63, 3.8) is 0 Å². The zero-order valence-corrected chi connectivity index (χ0v) is 20.6. The van der Waals surface area contributed by atoms with Crippen LogP contribution in [-0.2, 0) is 20.0 Å². The molecule has 2 aromatic rings. The summed E-state index contributed by atoms with van der Waals surface area (Å²) in [4.78, 5) is 8.87. The Labute approximate surface area is 194 Å². The van der Waals surface area contributed by atoms with Gasteiger partial charge in [0.2, 0.25) is 0 Å². The zero-order valence-electron chi connectivity index (χ0n) is 17.5. The van der Waals surface area contributed by atoms with Crippen molar-refractivity contribution in [1.82, 2.24) is 30.3 Å². The number of thiophene rings is 1. The van der Waals surface area contributed by atoms with Gasteiger partial charge in [0.15, 0.2) is 11.8 Å². The lowest BCUT2D eigenvalue weighted by atomic mass is 10.2. The molecular formula is C20H32IN7S. The number of guanidine groups is 1. The summed E-state index contributed by atoms with van der Waals surface area (Å²) in [5.41, 5.74) is 0. The first-order valence-electron chi connectivity index (χ1n) is 10.3. The summed E-state index contributed by atoms with van der Waals surface area (Å²) in [6, 6.07) is 6.21. The second-order valence-electron chi connectivity index (χ2n) is 8.00. The molecule has 0 aromatic carbocycles. The predicted molar refractivity (Wildman–Crippen MR) is 129 cm³/mol. The lowest BCUT2D eigenvalue weighted by Crippen LogP contribution is -2.45. The van der Waals surface area contributed by atoms with Crippen LogP contribution in [0.15, 0.2) is 22.5 Å². The molecule has 2 aromatic heterocycles. The number of aliphatic imine (C=N–C) groups is 1. The highest BCUT2D eigenvalue weighted by Gasteiger charge is 2.38. The van der Waals surface area contributed by atoms with Gasteiger partial charge in [-0.3, -0.25) is 4.90 Å². The summed E-state index contributed by atoms with van der Waals surface area (Å²) in [5, 5.41) is 17.7. The van der Waals surface area contributed by atoms with Crippen molar-refractivity contribution in [3.8, 4) is 0 Å². The second kappa shape index (κ2) is 10.2. The van der Waals surface area contributed by atoms with E-state index in [0.29, 0.717) is 18.6 Å². The third-order valence-electron chi connectivity index (χ3n) is 5.78. The summed E-state index contributed by atoms with van der Waals surface area (Å²) in [5.74, 6) is 2.68. The summed E-state index contributed by atoms with van der Waals surface area (Å²) in [7, 11) is 1.99. The maximum Gasteiger partial charge on any atom is 0.191 e. The molecule has 2 aliphatic rings. The molecule has 1 aliphatic carbocycles. The van der Waals surface area contributed by atoms with E-state index in [0.717, 1.165) is 43.2 Å². The van der Waals surface area contributed by atoms with Crippen LogP contribution in [0.1, 0.15) is 42.7 Å². The molecule has 3 heterocycles. The van der Waals surface area contributed by atoms with Crippen LogP contribution >= 0.6 is 35.3 Å². The van der Waals surface area contributed by atoms with Crippen molar-refractivity contribution in [2.75, 3.05) is 13.1 Å². The van der Waals surface area contributed by atoms with Crippen molar-refractivity contribution in [1.29, 1.82) is 0 Å². The first-order valence-corrected chi connectivity index (χ1v) is 11.2. The van der Waals surface area contributed by atoms with Crippen LogP contribution in [0.25, 0.3) is 0 Å². The SMILES string of the molecule is Cc1nnc(CN=C(NCCc2cccs2)NC2CC(C)N(C3CC3)C2)n1C.I. The molecular weight excluding hydrogens is 497 g/mol. The van der Waals surface area contributed by atoms with Gasteiger partial charge in [-0.15, -0.1) is 45.5 Å². The van der Waals surface area contributed by atoms with Gasteiger partial charge in [-0.05, 0) is 51.0 Å². The van der Waals surface area contributed by atoms with Crippen LogP contribution in [0.3, 0.4) is 0 Å². The Balaban J connectivity index is 0.00000240. The standard InChI is InChI=1S/C20H31N7S.HI/c1-14-11-16(13-27(14)17-6-7-17)23-20(21-9-8-18-5-4-10-28-18)22-12-19-25-24-15(2)26(19)3;/h4-5,10,14,16-17H,6-9,11-13H2,1-3H3,(H2,21,22,23);1H. The molecule has 0 spiro atoms. The van der Waals surface area contributed by atoms with E-state index in [2.05, 4.69) is 50.2 Å². The van der Waals surface area contributed by atoms with Gasteiger partial charge in [0, 0.05) is 43.1 Å². The zero-order chi connectivity index (χ0) is 19.5. The van der Waals surface area contributed by atoms with Crippen LogP contribution in [0.4, 0.5) is 0 Å². The van der Waals surface area contributed by atoms with Crippen molar-refractivity contribution in [2.45, 2.75) is 64.2 Å². The average molecular weight is 529 g/mol. The number of hydrogen-bond acceptors (Lipinski definition) is 5. The van der Waals surface area contributed by atoms with Crippen LogP contribution < -0.4 is 10.6 Å². The molecule has 2 atom stereocenters. The van der Waals surface area contributed by atoms with Gasteiger partial charge in [0.05, 0.1) is 0 Å². The Morgan fingerprint density at radius 1 is 1.34 bits per heavy atom. The monoisotopic (exact) mass is 529 g/mol. The van der Waals surface area contributed by atoms with Gasteiger partial charge in [0.1, 0.15) is 12.4 Å². The molecule has 2 fully saturated rings. The molecule has 7 nitrogen and oxygen atoms in total. The van der Waals surface area contributed by atoms with Gasteiger partial charge in [-0.25, -0.2) is 4.99 Å². The summed E-state index contributed by atoms with van der Waals surface area (Å²) < 4.78 is 2.00. The van der Waals surface area contributed by atoms with Crippen molar-refractivity contribution in [3.05, 3.63) is 34.0 Å². The predicted octanol–water partition coefficient (Wildman–Crippen LogP) is 2.71. The number of aromatic nitrogens is 3. The Morgan fingerprint density at radius 3 is 2.83 bits per heavy atom. The van der Waals surface area contributed by atoms with E-state index in [-0.39, 0.29) is 24.0 Å². The molecule has 4 rings (SSSR count). The number of likely N-dealkylation sites (tertiary alicyclic amines) is 1. The summed E-state index contributed by atoms with van der Waals surface area (Å²) in [6.45, 7) is 6.83. The van der Waals surface area contributed by atoms with E-state index < -0.39 is 0 Å². The molecule has 2 unspecified atom stereocenters. The summed E-state index contributed by atoms with van der Waals surface area (Å²) >= 11 is 1.80. The molecule has 1 saturated heterocycles. The van der Waals surface area contributed by atoms with E-state index in [1.807, 2.05) is 18.5 Å². The van der Waals surface area contributed by atoms with Gasteiger partial charge in [-0.1, -0.05) is 6.07 Å². The number of halogens is 1. The van der Waals surface area contributed by atoms with Crippen LogP contribution in [0.2, 0.25) is 0 Å². The topological polar surface area (TPSA) is 70.4 Å². The molecule has 160 valence electrons. The average Bonchev–Trinajstić information content (AvgIpc) is 3.11. The van der Waals surface area contributed by atoms with Gasteiger partial charge < -0.3 is 15.2 Å². The van der Waals surface area contributed by atoms with E-state index >= 15 is 0 Å². The fourth-order valence-corrected chi connectivity index (χ4v) is 4.63. The van der Waals surface area contributed by atoms with E-state index in [1.54, 1.807) is 11.3 Å². The maximum atomic E-state index is 4.82. The van der Waals surface area contributed by atoms with E-state index in [9.17, 15) is 0 Å². The Kier molecular flexibility index (Phi) is 7.92. The second-order valence-corrected chi connectivity index (χ2v) is 9.03. The largest absolute Gasteiger partial charge is 0.356 e. The molecule has 1 aliphatic heterocycles. The van der Waals surface area contributed by atoms with Gasteiger partial charge in [0.25, 0.3) is 0 Å².